The Morgan fingerprint density at radius 1 is 1.39 bits per heavy atom. The van der Waals surface area contributed by atoms with Crippen LogP contribution in [0.5, 0.6) is 0 Å². The summed E-state index contributed by atoms with van der Waals surface area (Å²) in [5.74, 6) is 0. The van der Waals surface area contributed by atoms with Crippen molar-refractivity contribution in [3.8, 4) is 0 Å². The molecular formula is C13H19N3O2. The minimum atomic E-state index is 0.439. The van der Waals surface area contributed by atoms with E-state index in [2.05, 4.69) is 24.1 Å². The number of aromatic nitrogens is 1. The first kappa shape index (κ1) is 12.7. The van der Waals surface area contributed by atoms with Gasteiger partial charge in [0.2, 0.25) is 0 Å². The molecule has 0 unspecified atom stereocenters. The third kappa shape index (κ3) is 3.37. The van der Waals surface area contributed by atoms with Crippen LogP contribution >= 0.6 is 0 Å². The van der Waals surface area contributed by atoms with Gasteiger partial charge < -0.3 is 19.1 Å². The van der Waals surface area contributed by atoms with Crippen LogP contribution in [0.1, 0.15) is 25.1 Å². The van der Waals surface area contributed by atoms with Crippen molar-refractivity contribution in [2.24, 2.45) is 0 Å². The Bertz CT molecular complexity index is 462. The van der Waals surface area contributed by atoms with Crippen LogP contribution in [0.3, 0.4) is 0 Å². The van der Waals surface area contributed by atoms with Gasteiger partial charge in [-0.15, -0.1) is 0 Å². The van der Waals surface area contributed by atoms with E-state index in [-0.39, 0.29) is 0 Å². The van der Waals surface area contributed by atoms with Gasteiger partial charge in [-0.3, -0.25) is 0 Å². The van der Waals surface area contributed by atoms with Gasteiger partial charge in [0.15, 0.2) is 0 Å². The zero-order valence-electron chi connectivity index (χ0n) is 11.0. The standard InChI is InChI=1S/C13H19N3O2/c1-10(2)14-6-12-9-18-13(15-12)16(3)7-11-4-5-17-8-11/h4-5,8-10,14H,6-7H2,1-3H3. The van der Waals surface area contributed by atoms with Crippen molar-refractivity contribution in [2.45, 2.75) is 33.0 Å². The monoisotopic (exact) mass is 249 g/mol. The SMILES string of the molecule is CC(C)NCc1coc(N(C)Cc2ccoc2)n1. The van der Waals surface area contributed by atoms with Gasteiger partial charge in [-0.05, 0) is 6.07 Å². The molecule has 0 amide bonds. The molecule has 2 aromatic rings. The summed E-state index contributed by atoms with van der Waals surface area (Å²) in [7, 11) is 1.94. The summed E-state index contributed by atoms with van der Waals surface area (Å²) in [6.07, 6.45) is 5.08. The Hall–Kier alpha value is -1.75. The van der Waals surface area contributed by atoms with Crippen LogP contribution in [0.15, 0.2) is 33.7 Å². The van der Waals surface area contributed by atoms with Crippen LogP contribution in [0, 0.1) is 0 Å². The van der Waals surface area contributed by atoms with Crippen molar-refractivity contribution in [3.05, 3.63) is 36.1 Å². The van der Waals surface area contributed by atoms with Gasteiger partial charge in [-0.25, -0.2) is 0 Å². The normalized spacial score (nSPS) is 11.1. The Balaban J connectivity index is 1.92. The maximum atomic E-state index is 5.45. The fraction of sp³-hybridized carbons (Fsp3) is 0.462. The highest BCUT2D eigenvalue weighted by Gasteiger charge is 2.10. The summed E-state index contributed by atoms with van der Waals surface area (Å²) in [4.78, 5) is 6.38. The van der Waals surface area contributed by atoms with E-state index < -0.39 is 0 Å². The van der Waals surface area contributed by atoms with E-state index in [4.69, 9.17) is 8.83 Å². The Morgan fingerprint density at radius 2 is 2.22 bits per heavy atom. The highest BCUT2D eigenvalue weighted by molar-refractivity contribution is 5.27. The van der Waals surface area contributed by atoms with Crippen LogP contribution in [-0.4, -0.2) is 18.1 Å². The molecule has 0 radical (unpaired) electrons. The van der Waals surface area contributed by atoms with Crippen LogP contribution in [0.4, 0.5) is 6.01 Å². The number of oxazole rings is 1. The predicted molar refractivity (Wildman–Crippen MR) is 69.3 cm³/mol. The van der Waals surface area contributed by atoms with Gasteiger partial charge in [0.1, 0.15) is 6.26 Å². The Kier molecular flexibility index (Phi) is 4.04. The number of nitrogens with zero attached hydrogens (tertiary/aromatic N) is 2. The summed E-state index contributed by atoms with van der Waals surface area (Å²) < 4.78 is 10.5. The second-order valence-corrected chi connectivity index (χ2v) is 4.64. The molecule has 0 atom stereocenters. The lowest BCUT2D eigenvalue weighted by Gasteiger charge is -2.12. The van der Waals surface area contributed by atoms with E-state index in [1.165, 1.54) is 0 Å². The molecule has 18 heavy (non-hydrogen) atoms. The van der Waals surface area contributed by atoms with Gasteiger partial charge in [0.25, 0.3) is 6.01 Å². The van der Waals surface area contributed by atoms with Crippen LogP contribution < -0.4 is 10.2 Å². The van der Waals surface area contributed by atoms with E-state index in [0.29, 0.717) is 18.6 Å². The summed E-state index contributed by atoms with van der Waals surface area (Å²) in [5.41, 5.74) is 2.01. The lowest BCUT2D eigenvalue weighted by Crippen LogP contribution is -2.22. The van der Waals surface area contributed by atoms with Gasteiger partial charge in [-0.1, -0.05) is 13.8 Å². The smallest absolute Gasteiger partial charge is 0.297 e. The maximum absolute atomic E-state index is 5.45. The lowest BCUT2D eigenvalue weighted by molar-refractivity contribution is 0.537. The summed E-state index contributed by atoms with van der Waals surface area (Å²) in [6.45, 7) is 5.65. The molecule has 0 fully saturated rings. The molecule has 0 aliphatic carbocycles. The third-order valence-corrected chi connectivity index (χ3v) is 2.56. The van der Waals surface area contributed by atoms with E-state index in [0.717, 1.165) is 17.8 Å². The van der Waals surface area contributed by atoms with Gasteiger partial charge in [0, 0.05) is 25.2 Å². The van der Waals surface area contributed by atoms with Crippen LogP contribution in [0.25, 0.3) is 0 Å². The molecule has 0 aliphatic heterocycles. The largest absolute Gasteiger partial charge is 0.472 e. The Labute approximate surface area is 107 Å². The average molecular weight is 249 g/mol. The van der Waals surface area contributed by atoms with Crippen molar-refractivity contribution in [3.63, 3.8) is 0 Å². The molecule has 2 rings (SSSR count). The van der Waals surface area contributed by atoms with Gasteiger partial charge in [0.05, 0.1) is 24.8 Å². The van der Waals surface area contributed by atoms with Crippen molar-refractivity contribution in [1.82, 2.24) is 10.3 Å². The minimum absolute atomic E-state index is 0.439. The number of anilines is 1. The highest BCUT2D eigenvalue weighted by Crippen LogP contribution is 2.15. The molecule has 0 saturated heterocycles. The summed E-state index contributed by atoms with van der Waals surface area (Å²) in [5, 5.41) is 3.30. The van der Waals surface area contributed by atoms with Crippen molar-refractivity contribution < 1.29 is 8.83 Å². The summed E-state index contributed by atoms with van der Waals surface area (Å²) >= 11 is 0. The Morgan fingerprint density at radius 3 is 2.89 bits per heavy atom. The number of hydrogen-bond donors (Lipinski definition) is 1. The third-order valence-electron chi connectivity index (χ3n) is 2.56. The fourth-order valence-corrected chi connectivity index (χ4v) is 1.59. The molecular weight excluding hydrogens is 230 g/mol. The molecule has 0 saturated carbocycles. The predicted octanol–water partition coefficient (Wildman–Crippen LogP) is 2.40. The minimum Gasteiger partial charge on any atom is -0.472 e. The first-order valence-electron chi connectivity index (χ1n) is 6.05. The topological polar surface area (TPSA) is 54.4 Å². The molecule has 0 bridgehead atoms. The first-order valence-corrected chi connectivity index (χ1v) is 6.05. The van der Waals surface area contributed by atoms with E-state index >= 15 is 0 Å². The fourth-order valence-electron chi connectivity index (χ4n) is 1.59. The highest BCUT2D eigenvalue weighted by atomic mass is 16.4. The van der Waals surface area contributed by atoms with E-state index in [1.807, 2.05) is 18.0 Å². The molecule has 0 spiro atoms. The molecule has 0 aliphatic rings. The molecule has 98 valence electrons. The zero-order chi connectivity index (χ0) is 13.0. The van der Waals surface area contributed by atoms with Crippen molar-refractivity contribution in [1.29, 1.82) is 0 Å². The number of furan rings is 1. The molecule has 5 nitrogen and oxygen atoms in total. The average Bonchev–Trinajstić information content (AvgIpc) is 2.96. The van der Waals surface area contributed by atoms with Crippen LogP contribution in [-0.2, 0) is 13.1 Å². The summed E-state index contributed by atoms with van der Waals surface area (Å²) in [6, 6.07) is 2.99. The molecule has 2 aromatic heterocycles. The van der Waals surface area contributed by atoms with Crippen molar-refractivity contribution in [2.75, 3.05) is 11.9 Å². The molecule has 0 aromatic carbocycles. The number of nitrogens with one attached hydrogen (secondary N) is 1. The van der Waals surface area contributed by atoms with Gasteiger partial charge >= 0.3 is 0 Å². The second kappa shape index (κ2) is 5.73. The molecule has 5 heteroatoms. The molecule has 2 heterocycles. The van der Waals surface area contributed by atoms with Gasteiger partial charge in [-0.2, -0.15) is 4.98 Å². The molecule has 1 N–H and O–H groups in total. The van der Waals surface area contributed by atoms with Crippen LogP contribution in [0.2, 0.25) is 0 Å². The van der Waals surface area contributed by atoms with Crippen molar-refractivity contribution >= 4 is 6.01 Å². The van der Waals surface area contributed by atoms with E-state index in [1.54, 1.807) is 18.8 Å². The zero-order valence-corrected chi connectivity index (χ0v) is 11.0. The lowest BCUT2D eigenvalue weighted by atomic mass is 10.3. The quantitative estimate of drug-likeness (QED) is 0.852. The first-order chi connectivity index (χ1) is 8.65. The van der Waals surface area contributed by atoms with E-state index in [9.17, 15) is 0 Å². The number of hydrogen-bond acceptors (Lipinski definition) is 5. The number of rotatable bonds is 6. The maximum Gasteiger partial charge on any atom is 0.297 e. The second-order valence-electron chi connectivity index (χ2n) is 4.64.